The van der Waals surface area contributed by atoms with Gasteiger partial charge in [0, 0.05) is 23.6 Å². The maximum atomic E-state index is 5.96. The van der Waals surface area contributed by atoms with Crippen LogP contribution in [0.1, 0.15) is 12.8 Å². The fourth-order valence-electron chi connectivity index (χ4n) is 1.94. The predicted octanol–water partition coefficient (Wildman–Crippen LogP) is 2.38. The summed E-state index contributed by atoms with van der Waals surface area (Å²) < 4.78 is 1.16. The number of piperidine rings is 1. The summed E-state index contributed by atoms with van der Waals surface area (Å²) in [6.07, 6.45) is 2.35. The highest BCUT2D eigenvalue weighted by Gasteiger charge is 2.17. The van der Waals surface area contributed by atoms with Gasteiger partial charge in [0.1, 0.15) is 0 Å². The number of halogens is 1. The van der Waals surface area contributed by atoms with Gasteiger partial charge in [0.05, 0.1) is 5.69 Å². The van der Waals surface area contributed by atoms with Gasteiger partial charge in [-0.15, -0.1) is 0 Å². The molecule has 2 N–H and O–H groups in total. The van der Waals surface area contributed by atoms with E-state index >= 15 is 0 Å². The minimum atomic E-state index is 0.329. The first kappa shape index (κ1) is 9.99. The number of hydrogen-bond donors (Lipinski definition) is 1. The van der Waals surface area contributed by atoms with Crippen LogP contribution >= 0.6 is 15.9 Å². The lowest BCUT2D eigenvalue weighted by molar-refractivity contribution is 0.506. The van der Waals surface area contributed by atoms with E-state index in [1.807, 2.05) is 6.07 Å². The summed E-state index contributed by atoms with van der Waals surface area (Å²) in [6, 6.07) is 8.66. The molecule has 76 valence electrons. The molecule has 1 aromatic carbocycles. The van der Waals surface area contributed by atoms with Gasteiger partial charge in [-0.2, -0.15) is 0 Å². The van der Waals surface area contributed by atoms with E-state index in [0.29, 0.717) is 6.04 Å². The van der Waals surface area contributed by atoms with Crippen molar-refractivity contribution in [3.8, 4) is 0 Å². The lowest BCUT2D eigenvalue weighted by Gasteiger charge is -2.33. The molecule has 0 saturated carbocycles. The molecular formula is C11H15BrN2. The average Bonchev–Trinajstić information content (AvgIpc) is 2.18. The number of nitrogens with two attached hydrogens (primary N) is 1. The Labute approximate surface area is 93.2 Å². The molecule has 0 aliphatic carbocycles. The monoisotopic (exact) mass is 254 g/mol. The smallest absolute Gasteiger partial charge is 0.0511 e. The summed E-state index contributed by atoms with van der Waals surface area (Å²) in [7, 11) is 0. The van der Waals surface area contributed by atoms with Gasteiger partial charge in [-0.1, -0.05) is 12.1 Å². The first-order chi connectivity index (χ1) is 6.77. The fraction of sp³-hybridized carbons (Fsp3) is 0.455. The van der Waals surface area contributed by atoms with Crippen molar-refractivity contribution >= 4 is 21.6 Å². The standard InChI is InChI=1S/C11H15BrN2/c12-10-5-1-2-6-11(10)14-7-3-4-9(13)8-14/h1-2,5-6,9H,3-4,7-8,13H2. The topological polar surface area (TPSA) is 29.3 Å². The van der Waals surface area contributed by atoms with E-state index in [1.165, 1.54) is 12.1 Å². The summed E-state index contributed by atoms with van der Waals surface area (Å²) in [5.41, 5.74) is 7.22. The van der Waals surface area contributed by atoms with Crippen LogP contribution in [0.15, 0.2) is 28.7 Å². The van der Waals surface area contributed by atoms with E-state index in [0.717, 1.165) is 24.0 Å². The lowest BCUT2D eigenvalue weighted by Crippen LogP contribution is -2.42. The zero-order valence-corrected chi connectivity index (χ0v) is 9.70. The molecule has 1 aliphatic rings. The Kier molecular flexibility index (Phi) is 3.08. The quantitative estimate of drug-likeness (QED) is 0.834. The van der Waals surface area contributed by atoms with E-state index in [1.54, 1.807) is 0 Å². The molecule has 0 amide bonds. The molecule has 1 heterocycles. The van der Waals surface area contributed by atoms with Crippen molar-refractivity contribution in [2.75, 3.05) is 18.0 Å². The summed E-state index contributed by atoms with van der Waals surface area (Å²) in [6.45, 7) is 2.10. The Morgan fingerprint density at radius 2 is 2.14 bits per heavy atom. The van der Waals surface area contributed by atoms with E-state index in [9.17, 15) is 0 Å². The third-order valence-corrected chi connectivity index (χ3v) is 3.32. The van der Waals surface area contributed by atoms with E-state index in [4.69, 9.17) is 5.73 Å². The van der Waals surface area contributed by atoms with Gasteiger partial charge in [0.15, 0.2) is 0 Å². The van der Waals surface area contributed by atoms with Gasteiger partial charge >= 0.3 is 0 Å². The van der Waals surface area contributed by atoms with Crippen LogP contribution < -0.4 is 10.6 Å². The fourth-order valence-corrected chi connectivity index (χ4v) is 2.47. The molecule has 1 saturated heterocycles. The Morgan fingerprint density at radius 3 is 2.86 bits per heavy atom. The maximum absolute atomic E-state index is 5.96. The third kappa shape index (κ3) is 2.10. The number of hydrogen-bond acceptors (Lipinski definition) is 2. The van der Waals surface area contributed by atoms with Crippen LogP contribution in [0.5, 0.6) is 0 Å². The van der Waals surface area contributed by atoms with Gasteiger partial charge in [0.25, 0.3) is 0 Å². The highest BCUT2D eigenvalue weighted by Crippen LogP contribution is 2.27. The molecule has 14 heavy (non-hydrogen) atoms. The van der Waals surface area contributed by atoms with E-state index < -0.39 is 0 Å². The van der Waals surface area contributed by atoms with Crippen molar-refractivity contribution in [2.24, 2.45) is 5.73 Å². The minimum absolute atomic E-state index is 0.329. The van der Waals surface area contributed by atoms with Gasteiger partial charge in [-0.3, -0.25) is 0 Å². The van der Waals surface area contributed by atoms with Crippen LogP contribution in [0.25, 0.3) is 0 Å². The molecular weight excluding hydrogens is 240 g/mol. The second-order valence-corrected chi connectivity index (χ2v) is 4.65. The lowest BCUT2D eigenvalue weighted by atomic mass is 10.1. The predicted molar refractivity (Wildman–Crippen MR) is 63.6 cm³/mol. The van der Waals surface area contributed by atoms with Crippen LogP contribution in [0.3, 0.4) is 0 Å². The van der Waals surface area contributed by atoms with Crippen LogP contribution in [-0.4, -0.2) is 19.1 Å². The third-order valence-electron chi connectivity index (χ3n) is 2.65. The summed E-state index contributed by atoms with van der Waals surface area (Å²) >= 11 is 3.57. The number of nitrogens with zero attached hydrogens (tertiary/aromatic N) is 1. The van der Waals surface area contributed by atoms with Crippen molar-refractivity contribution in [3.05, 3.63) is 28.7 Å². The van der Waals surface area contributed by atoms with Crippen LogP contribution in [0.4, 0.5) is 5.69 Å². The van der Waals surface area contributed by atoms with Gasteiger partial charge < -0.3 is 10.6 Å². The van der Waals surface area contributed by atoms with Crippen molar-refractivity contribution in [1.29, 1.82) is 0 Å². The minimum Gasteiger partial charge on any atom is -0.369 e. The van der Waals surface area contributed by atoms with Crippen molar-refractivity contribution in [3.63, 3.8) is 0 Å². The second-order valence-electron chi connectivity index (χ2n) is 3.80. The molecule has 2 rings (SSSR count). The largest absolute Gasteiger partial charge is 0.369 e. The maximum Gasteiger partial charge on any atom is 0.0511 e. The second kappa shape index (κ2) is 4.32. The van der Waals surface area contributed by atoms with Gasteiger partial charge in [0.2, 0.25) is 0 Å². The highest BCUT2D eigenvalue weighted by molar-refractivity contribution is 9.10. The van der Waals surface area contributed by atoms with Crippen LogP contribution in [0.2, 0.25) is 0 Å². The molecule has 1 atom stereocenters. The molecule has 3 heteroatoms. The molecule has 2 nitrogen and oxygen atoms in total. The van der Waals surface area contributed by atoms with Crippen molar-refractivity contribution in [2.45, 2.75) is 18.9 Å². The van der Waals surface area contributed by atoms with E-state index in [-0.39, 0.29) is 0 Å². The Bertz CT molecular complexity index is 314. The Balaban J connectivity index is 2.18. The summed E-state index contributed by atoms with van der Waals surface area (Å²) in [5, 5.41) is 0. The zero-order valence-electron chi connectivity index (χ0n) is 8.12. The molecule has 0 radical (unpaired) electrons. The van der Waals surface area contributed by atoms with Crippen LogP contribution in [-0.2, 0) is 0 Å². The van der Waals surface area contributed by atoms with E-state index in [2.05, 4.69) is 39.0 Å². The number of anilines is 1. The molecule has 1 fully saturated rings. The molecule has 1 unspecified atom stereocenters. The van der Waals surface area contributed by atoms with Crippen molar-refractivity contribution < 1.29 is 0 Å². The summed E-state index contributed by atoms with van der Waals surface area (Å²) in [5.74, 6) is 0. The Morgan fingerprint density at radius 1 is 1.36 bits per heavy atom. The van der Waals surface area contributed by atoms with Crippen molar-refractivity contribution in [1.82, 2.24) is 0 Å². The van der Waals surface area contributed by atoms with Gasteiger partial charge in [-0.05, 0) is 40.9 Å². The molecule has 1 aliphatic heterocycles. The molecule has 0 spiro atoms. The number of benzene rings is 1. The summed E-state index contributed by atoms with van der Waals surface area (Å²) in [4.78, 5) is 2.36. The zero-order chi connectivity index (χ0) is 9.97. The van der Waals surface area contributed by atoms with Crippen LogP contribution in [0, 0.1) is 0 Å². The molecule has 0 aromatic heterocycles. The SMILES string of the molecule is NC1CCCN(c2ccccc2Br)C1. The molecule has 1 aromatic rings. The number of para-hydroxylation sites is 1. The Hall–Kier alpha value is -0.540. The normalized spacial score (nSPS) is 22.4. The number of rotatable bonds is 1. The first-order valence-corrected chi connectivity index (χ1v) is 5.82. The average molecular weight is 255 g/mol. The van der Waals surface area contributed by atoms with Gasteiger partial charge in [-0.25, -0.2) is 0 Å². The molecule has 0 bridgehead atoms. The highest BCUT2D eigenvalue weighted by atomic mass is 79.9. The first-order valence-electron chi connectivity index (χ1n) is 5.02.